The molecule has 0 aromatic heterocycles. The van der Waals surface area contributed by atoms with Crippen LogP contribution in [0.1, 0.15) is 81.1 Å². The topological polar surface area (TPSA) is 97.3 Å². The highest BCUT2D eigenvalue weighted by atomic mass is 32.2. The van der Waals surface area contributed by atoms with Crippen LogP contribution < -0.4 is 10.1 Å². The van der Waals surface area contributed by atoms with Crippen LogP contribution in [0.15, 0.2) is 47.4 Å². The zero-order valence-corrected chi connectivity index (χ0v) is 24.1. The Hall–Kier alpha value is -1.94. The molecule has 2 aromatic rings. The lowest BCUT2D eigenvalue weighted by molar-refractivity contribution is -0.131. The second-order valence-corrected chi connectivity index (χ2v) is 11.5. The zero-order valence-electron chi connectivity index (χ0n) is 23.2. The van der Waals surface area contributed by atoms with Gasteiger partial charge in [0.05, 0.1) is 32.5 Å². The van der Waals surface area contributed by atoms with Crippen LogP contribution in [-0.4, -0.2) is 54.3 Å². The van der Waals surface area contributed by atoms with Crippen LogP contribution >= 0.6 is 11.8 Å². The zero-order chi connectivity index (χ0) is 27.7. The molecule has 216 valence electrons. The van der Waals surface area contributed by atoms with Crippen molar-refractivity contribution in [2.45, 2.75) is 87.8 Å². The predicted molar refractivity (Wildman–Crippen MR) is 155 cm³/mol. The van der Waals surface area contributed by atoms with Crippen LogP contribution in [0.4, 0.5) is 0 Å². The summed E-state index contributed by atoms with van der Waals surface area (Å²) in [5.74, 6) is -0.124. The summed E-state index contributed by atoms with van der Waals surface area (Å²) >= 11 is 2.01. The van der Waals surface area contributed by atoms with Crippen LogP contribution in [0.2, 0.25) is 0 Å². The van der Waals surface area contributed by atoms with E-state index < -0.39 is 12.1 Å². The summed E-state index contributed by atoms with van der Waals surface area (Å²) in [5.41, 5.74) is 2.39. The maximum Gasteiger partial charge on any atom is 0.308 e. The fourth-order valence-electron chi connectivity index (χ4n) is 4.67. The SMILES string of the molecule is CC(=O)Oc1ccc(C(O)CNCCCCCCOCCOCc2cccc(SC3CCCC3)c2)cc1CO. The minimum atomic E-state index is -0.697. The molecule has 1 aliphatic carbocycles. The van der Waals surface area contributed by atoms with E-state index >= 15 is 0 Å². The Morgan fingerprint density at radius 1 is 1.03 bits per heavy atom. The fourth-order valence-corrected chi connectivity index (χ4v) is 6.00. The molecule has 0 aliphatic heterocycles. The Balaban J connectivity index is 1.15. The van der Waals surface area contributed by atoms with Gasteiger partial charge in [0.2, 0.25) is 0 Å². The van der Waals surface area contributed by atoms with Gasteiger partial charge in [-0.15, -0.1) is 11.8 Å². The molecule has 0 amide bonds. The minimum Gasteiger partial charge on any atom is -0.426 e. The Kier molecular flexibility index (Phi) is 14.9. The molecule has 39 heavy (non-hydrogen) atoms. The predicted octanol–water partition coefficient (Wildman–Crippen LogP) is 5.56. The number of carbonyl (C=O) groups is 1. The molecule has 0 saturated heterocycles. The molecule has 1 unspecified atom stereocenters. The third kappa shape index (κ3) is 12.4. The highest BCUT2D eigenvalue weighted by Crippen LogP contribution is 2.34. The first-order valence-corrected chi connectivity index (χ1v) is 15.1. The number of hydrogen-bond donors (Lipinski definition) is 3. The van der Waals surface area contributed by atoms with Crippen molar-refractivity contribution < 1.29 is 29.2 Å². The highest BCUT2D eigenvalue weighted by molar-refractivity contribution is 8.00. The molecule has 8 heteroatoms. The van der Waals surface area contributed by atoms with Crippen molar-refractivity contribution in [2.75, 3.05) is 32.9 Å². The number of hydrogen-bond acceptors (Lipinski definition) is 8. The molecule has 0 heterocycles. The first kappa shape index (κ1) is 31.6. The second-order valence-electron chi connectivity index (χ2n) is 10.1. The smallest absolute Gasteiger partial charge is 0.308 e. The van der Waals surface area contributed by atoms with Crippen molar-refractivity contribution in [3.63, 3.8) is 0 Å². The fraction of sp³-hybridized carbons (Fsp3) is 0.581. The van der Waals surface area contributed by atoms with E-state index in [0.29, 0.717) is 43.2 Å². The van der Waals surface area contributed by atoms with Crippen molar-refractivity contribution in [1.82, 2.24) is 5.32 Å². The first-order chi connectivity index (χ1) is 19.0. The lowest BCUT2D eigenvalue weighted by Gasteiger charge is -2.15. The van der Waals surface area contributed by atoms with Gasteiger partial charge in [-0.05, 0) is 67.6 Å². The Morgan fingerprint density at radius 2 is 1.82 bits per heavy atom. The third-order valence-corrected chi connectivity index (χ3v) is 8.10. The molecule has 3 rings (SSSR count). The van der Waals surface area contributed by atoms with Gasteiger partial charge in [-0.1, -0.05) is 43.9 Å². The largest absolute Gasteiger partial charge is 0.426 e. The van der Waals surface area contributed by atoms with Crippen molar-refractivity contribution in [1.29, 1.82) is 0 Å². The number of ether oxygens (including phenoxy) is 3. The monoisotopic (exact) mass is 559 g/mol. The summed E-state index contributed by atoms with van der Waals surface area (Å²) in [6.45, 7) is 4.91. The number of unbranched alkanes of at least 4 members (excludes halogenated alkanes) is 3. The molecule has 0 radical (unpaired) electrons. The number of aliphatic hydroxyl groups excluding tert-OH is 2. The molecule has 1 saturated carbocycles. The number of benzene rings is 2. The summed E-state index contributed by atoms with van der Waals surface area (Å²) in [4.78, 5) is 12.5. The number of carbonyl (C=O) groups excluding carboxylic acids is 1. The van der Waals surface area contributed by atoms with Gasteiger partial charge in [-0.3, -0.25) is 4.79 Å². The number of esters is 1. The van der Waals surface area contributed by atoms with Gasteiger partial charge >= 0.3 is 5.97 Å². The second kappa shape index (κ2) is 18.4. The average Bonchev–Trinajstić information content (AvgIpc) is 3.44. The van der Waals surface area contributed by atoms with E-state index in [1.807, 2.05) is 11.8 Å². The van der Waals surface area contributed by atoms with Crippen LogP contribution in [0.5, 0.6) is 5.75 Å². The van der Waals surface area contributed by atoms with Crippen LogP contribution in [0.25, 0.3) is 0 Å². The number of aliphatic hydroxyl groups is 2. The van der Waals surface area contributed by atoms with Crippen LogP contribution in [-0.2, 0) is 27.5 Å². The van der Waals surface area contributed by atoms with E-state index in [1.165, 1.54) is 43.1 Å². The molecular formula is C31H45NO6S. The molecule has 0 bridgehead atoms. The van der Waals surface area contributed by atoms with Gasteiger partial charge in [0.25, 0.3) is 0 Å². The highest BCUT2D eigenvalue weighted by Gasteiger charge is 2.16. The van der Waals surface area contributed by atoms with Crippen LogP contribution in [0, 0.1) is 0 Å². The van der Waals surface area contributed by atoms with Gasteiger partial charge in [-0.25, -0.2) is 0 Å². The van der Waals surface area contributed by atoms with Crippen molar-refractivity contribution >= 4 is 17.7 Å². The van der Waals surface area contributed by atoms with Gasteiger partial charge < -0.3 is 29.7 Å². The lowest BCUT2D eigenvalue weighted by Crippen LogP contribution is -2.22. The van der Waals surface area contributed by atoms with Gasteiger partial charge in [0, 0.05) is 35.8 Å². The standard InChI is InChI=1S/C31H45NO6S/c1-24(34)38-31-14-13-26(20-27(31)22-33)30(35)21-32-15-6-2-3-7-16-36-17-18-37-23-25-9-8-12-29(19-25)39-28-10-4-5-11-28/h8-9,12-14,19-20,28,30,32-33,35H,2-7,10-11,15-18,21-23H2,1H3. The summed E-state index contributed by atoms with van der Waals surface area (Å²) in [6, 6.07) is 13.7. The summed E-state index contributed by atoms with van der Waals surface area (Å²) in [7, 11) is 0. The molecule has 7 nitrogen and oxygen atoms in total. The molecule has 0 spiro atoms. The van der Waals surface area contributed by atoms with E-state index in [0.717, 1.165) is 44.1 Å². The van der Waals surface area contributed by atoms with E-state index in [-0.39, 0.29) is 6.61 Å². The van der Waals surface area contributed by atoms with E-state index in [1.54, 1.807) is 18.2 Å². The number of nitrogens with one attached hydrogen (secondary N) is 1. The molecule has 2 aromatic carbocycles. The van der Waals surface area contributed by atoms with Gasteiger partial charge in [0.1, 0.15) is 5.75 Å². The normalized spacial score (nSPS) is 14.5. The molecule has 3 N–H and O–H groups in total. The van der Waals surface area contributed by atoms with E-state index in [4.69, 9.17) is 14.2 Å². The van der Waals surface area contributed by atoms with Crippen LogP contribution in [0.3, 0.4) is 0 Å². The summed E-state index contributed by atoms with van der Waals surface area (Å²) in [5, 5.41) is 24.0. The van der Waals surface area contributed by atoms with E-state index in [9.17, 15) is 15.0 Å². The lowest BCUT2D eigenvalue weighted by atomic mass is 10.1. The minimum absolute atomic E-state index is 0.262. The molecule has 1 aliphatic rings. The average molecular weight is 560 g/mol. The number of thioether (sulfide) groups is 1. The molecule has 1 fully saturated rings. The maximum absolute atomic E-state index is 11.2. The summed E-state index contributed by atoms with van der Waals surface area (Å²) < 4.78 is 16.6. The third-order valence-electron chi connectivity index (χ3n) is 6.77. The van der Waals surface area contributed by atoms with Crippen molar-refractivity contribution in [3.8, 4) is 5.75 Å². The quantitative estimate of drug-likeness (QED) is 0.117. The van der Waals surface area contributed by atoms with E-state index in [2.05, 4.69) is 29.6 Å². The molecular weight excluding hydrogens is 514 g/mol. The Bertz CT molecular complexity index is 981. The van der Waals surface area contributed by atoms with Crippen molar-refractivity contribution in [2.24, 2.45) is 0 Å². The van der Waals surface area contributed by atoms with Gasteiger partial charge in [-0.2, -0.15) is 0 Å². The van der Waals surface area contributed by atoms with Gasteiger partial charge in [0.15, 0.2) is 0 Å². The maximum atomic E-state index is 11.2. The molecule has 1 atom stereocenters. The first-order valence-electron chi connectivity index (χ1n) is 14.3. The number of rotatable bonds is 19. The Morgan fingerprint density at radius 3 is 2.62 bits per heavy atom. The van der Waals surface area contributed by atoms with Crippen molar-refractivity contribution in [3.05, 3.63) is 59.2 Å². The Labute approximate surface area is 237 Å². The summed E-state index contributed by atoms with van der Waals surface area (Å²) in [6.07, 6.45) is 8.99.